The number of halogens is 1. The number of rotatable bonds is 4. The number of aliphatic hydroxyl groups excluding tert-OH is 1. The minimum Gasteiger partial charge on any atom is -0.623 e. The zero-order chi connectivity index (χ0) is 12.5. The predicted octanol–water partition coefficient (Wildman–Crippen LogP) is 0.859. The Kier molecular flexibility index (Phi) is 3.76. The van der Waals surface area contributed by atoms with E-state index in [4.69, 9.17) is 11.6 Å². The first kappa shape index (κ1) is 12.9. The molecule has 0 radical (unpaired) electrons. The maximum atomic E-state index is 12.5. The number of hydrogen-bond donors (Lipinski definition) is 1. The van der Waals surface area contributed by atoms with Crippen LogP contribution in [0, 0.1) is 5.21 Å². The Balaban J connectivity index is 2.20. The third-order valence-corrected chi connectivity index (χ3v) is 4.04. The minimum absolute atomic E-state index is 0.157. The highest BCUT2D eigenvalue weighted by Gasteiger charge is 2.42. The van der Waals surface area contributed by atoms with Crippen molar-refractivity contribution in [1.82, 2.24) is 19.7 Å². The number of alkyl halides is 1. The molecule has 2 heterocycles. The summed E-state index contributed by atoms with van der Waals surface area (Å²) >= 11 is 6.77. The fourth-order valence-electron chi connectivity index (χ4n) is 1.77. The van der Waals surface area contributed by atoms with Crippen molar-refractivity contribution in [2.75, 3.05) is 19.8 Å². The summed E-state index contributed by atoms with van der Waals surface area (Å²) < 4.78 is -0.873. The minimum atomic E-state index is -1.04. The van der Waals surface area contributed by atoms with Crippen molar-refractivity contribution in [2.45, 2.75) is 12.1 Å². The fourth-order valence-corrected chi connectivity index (χ4v) is 2.75. The Labute approximate surface area is 108 Å². The summed E-state index contributed by atoms with van der Waals surface area (Å²) in [5.74, 6) is 0.226. The molecule has 1 aromatic heterocycles. The summed E-state index contributed by atoms with van der Waals surface area (Å²) in [7, 11) is 0. The first-order valence-electron chi connectivity index (χ1n) is 5.09. The number of nitrogens with zero attached hydrogens (tertiary/aromatic N) is 4. The van der Waals surface area contributed by atoms with Gasteiger partial charge in [-0.05, 0) is 11.3 Å². The normalized spacial score (nSPS) is 29.7. The molecule has 94 valence electrons. The number of aromatic nitrogens is 2. The molecule has 0 spiro atoms. The molecule has 0 amide bonds. The van der Waals surface area contributed by atoms with E-state index in [1.165, 1.54) is 0 Å². The van der Waals surface area contributed by atoms with Gasteiger partial charge in [0.1, 0.15) is 11.7 Å². The van der Waals surface area contributed by atoms with E-state index in [0.717, 1.165) is 11.3 Å². The Hall–Kier alpha value is -0.570. The average molecular weight is 277 g/mol. The van der Waals surface area contributed by atoms with Crippen molar-refractivity contribution in [2.24, 2.45) is 0 Å². The molecule has 1 aliphatic rings. The largest absolute Gasteiger partial charge is 0.623 e. The third-order valence-electron chi connectivity index (χ3n) is 2.59. The second-order valence-corrected chi connectivity index (χ2v) is 5.16. The van der Waals surface area contributed by atoms with Gasteiger partial charge in [0.05, 0.1) is 12.4 Å². The molecule has 2 atom stereocenters. The van der Waals surface area contributed by atoms with E-state index in [2.05, 4.69) is 16.8 Å². The summed E-state index contributed by atoms with van der Waals surface area (Å²) in [5.41, 5.74) is 0. The van der Waals surface area contributed by atoms with Crippen molar-refractivity contribution < 1.29 is 5.11 Å². The van der Waals surface area contributed by atoms with E-state index in [1.54, 1.807) is 6.08 Å². The van der Waals surface area contributed by atoms with Gasteiger partial charge >= 0.3 is 5.13 Å². The molecule has 2 rings (SSSR count). The van der Waals surface area contributed by atoms with Gasteiger partial charge in [0.15, 0.2) is 0 Å². The standard InChI is InChI=1S/C9H13ClN4O2S/c1-2-3-13-5-8(15)14(16,6-13)9-12-11-7(4-10)17-9/h2,8,15H,1,3-6H2. The summed E-state index contributed by atoms with van der Waals surface area (Å²) in [6, 6.07) is 0. The van der Waals surface area contributed by atoms with Crippen molar-refractivity contribution >= 4 is 28.1 Å². The van der Waals surface area contributed by atoms with Crippen LogP contribution in [0.25, 0.3) is 0 Å². The quantitative estimate of drug-likeness (QED) is 0.382. The van der Waals surface area contributed by atoms with Crippen LogP contribution in [0.4, 0.5) is 5.13 Å². The Morgan fingerprint density at radius 1 is 1.71 bits per heavy atom. The van der Waals surface area contributed by atoms with E-state index in [1.807, 2.05) is 4.90 Å². The van der Waals surface area contributed by atoms with E-state index in [-0.39, 0.29) is 17.7 Å². The summed E-state index contributed by atoms with van der Waals surface area (Å²) in [6.07, 6.45) is 0.665. The molecular weight excluding hydrogens is 264 g/mol. The lowest BCUT2D eigenvalue weighted by Gasteiger charge is -2.36. The number of aliphatic hydroxyl groups is 1. The predicted molar refractivity (Wildman–Crippen MR) is 67.3 cm³/mol. The van der Waals surface area contributed by atoms with E-state index < -0.39 is 10.9 Å². The van der Waals surface area contributed by atoms with Crippen LogP contribution >= 0.6 is 22.9 Å². The molecule has 1 N–H and O–H groups in total. The van der Waals surface area contributed by atoms with Gasteiger partial charge in [0.2, 0.25) is 6.23 Å². The van der Waals surface area contributed by atoms with Crippen LogP contribution < -0.4 is 4.65 Å². The van der Waals surface area contributed by atoms with Crippen molar-refractivity contribution in [3.8, 4) is 0 Å². The molecule has 0 aliphatic carbocycles. The third kappa shape index (κ3) is 2.35. The Bertz CT molecular complexity index is 415. The highest BCUT2D eigenvalue weighted by Crippen LogP contribution is 2.32. The van der Waals surface area contributed by atoms with Crippen LogP contribution in [0.2, 0.25) is 0 Å². The lowest BCUT2D eigenvalue weighted by Crippen LogP contribution is -2.48. The van der Waals surface area contributed by atoms with Crippen LogP contribution in [0.1, 0.15) is 5.01 Å². The first-order valence-corrected chi connectivity index (χ1v) is 6.44. The molecule has 8 heteroatoms. The van der Waals surface area contributed by atoms with Crippen LogP contribution in [-0.2, 0) is 5.88 Å². The Morgan fingerprint density at radius 2 is 2.47 bits per heavy atom. The van der Waals surface area contributed by atoms with Crippen LogP contribution in [-0.4, -0.2) is 46.2 Å². The maximum absolute atomic E-state index is 12.5. The zero-order valence-corrected chi connectivity index (χ0v) is 10.7. The molecular formula is C9H13ClN4O2S. The van der Waals surface area contributed by atoms with E-state index >= 15 is 0 Å². The molecule has 2 unspecified atom stereocenters. The molecule has 1 aromatic rings. The molecule has 17 heavy (non-hydrogen) atoms. The van der Waals surface area contributed by atoms with Gasteiger partial charge in [-0.3, -0.25) is 4.65 Å². The van der Waals surface area contributed by atoms with Gasteiger partial charge in [0, 0.05) is 6.54 Å². The van der Waals surface area contributed by atoms with Crippen molar-refractivity contribution in [3.63, 3.8) is 0 Å². The summed E-state index contributed by atoms with van der Waals surface area (Å²) in [6.45, 7) is 4.65. The van der Waals surface area contributed by atoms with Gasteiger partial charge in [-0.15, -0.1) is 23.3 Å². The van der Waals surface area contributed by atoms with Gasteiger partial charge in [-0.25, -0.2) is 4.90 Å². The lowest BCUT2D eigenvalue weighted by atomic mass is 10.5. The second-order valence-electron chi connectivity index (χ2n) is 3.85. The maximum Gasteiger partial charge on any atom is 0.310 e. The highest BCUT2D eigenvalue weighted by molar-refractivity contribution is 7.15. The van der Waals surface area contributed by atoms with Crippen LogP contribution in [0.15, 0.2) is 12.7 Å². The smallest absolute Gasteiger partial charge is 0.310 e. The van der Waals surface area contributed by atoms with E-state index in [9.17, 15) is 10.3 Å². The molecule has 0 aromatic carbocycles. The van der Waals surface area contributed by atoms with E-state index in [0.29, 0.717) is 18.1 Å². The van der Waals surface area contributed by atoms with Crippen molar-refractivity contribution in [1.29, 1.82) is 0 Å². The fraction of sp³-hybridized carbons (Fsp3) is 0.556. The zero-order valence-electron chi connectivity index (χ0n) is 9.12. The van der Waals surface area contributed by atoms with Crippen LogP contribution in [0.5, 0.6) is 0 Å². The van der Waals surface area contributed by atoms with Gasteiger partial charge in [-0.2, -0.15) is 0 Å². The molecule has 1 saturated heterocycles. The van der Waals surface area contributed by atoms with Crippen LogP contribution in [0.3, 0.4) is 0 Å². The summed E-state index contributed by atoms with van der Waals surface area (Å²) in [5, 5.41) is 30.9. The monoisotopic (exact) mass is 276 g/mol. The topological polar surface area (TPSA) is 72.3 Å². The number of quaternary nitrogens is 1. The lowest BCUT2D eigenvalue weighted by molar-refractivity contribution is 0.0844. The second kappa shape index (κ2) is 4.97. The Morgan fingerprint density at radius 3 is 3.06 bits per heavy atom. The van der Waals surface area contributed by atoms with Crippen molar-refractivity contribution in [3.05, 3.63) is 22.9 Å². The van der Waals surface area contributed by atoms with Gasteiger partial charge in [0.25, 0.3) is 0 Å². The van der Waals surface area contributed by atoms with Gasteiger partial charge in [-0.1, -0.05) is 11.2 Å². The van der Waals surface area contributed by atoms with Gasteiger partial charge < -0.3 is 10.3 Å². The molecule has 6 nitrogen and oxygen atoms in total. The molecule has 0 saturated carbocycles. The average Bonchev–Trinajstić information content (AvgIpc) is 2.86. The molecule has 1 fully saturated rings. The first-order chi connectivity index (χ1) is 8.10. The number of hydroxylamine groups is 2. The number of β-amino-alcohol motifs (C(OH)–C–C–N with tert-alkyl or cyclic N) is 1. The highest BCUT2D eigenvalue weighted by atomic mass is 35.5. The molecule has 1 aliphatic heterocycles. The number of hydrogen-bond acceptors (Lipinski definition) is 6. The SMILES string of the molecule is C=CCN1CC(O)[N+]([O-])(c2nnc(CCl)s2)C1. The molecule has 0 bridgehead atoms. The summed E-state index contributed by atoms with van der Waals surface area (Å²) in [4.78, 5) is 1.83.